The fraction of sp³-hybridized carbons (Fsp3) is 0.194. The van der Waals surface area contributed by atoms with E-state index in [-0.39, 0.29) is 29.9 Å². The summed E-state index contributed by atoms with van der Waals surface area (Å²) >= 11 is 1.59. The lowest BCUT2D eigenvalue weighted by molar-refractivity contribution is -0.384. The first-order valence-corrected chi connectivity index (χ1v) is 14.3. The zero-order valence-electron chi connectivity index (χ0n) is 24.0. The van der Waals surface area contributed by atoms with E-state index in [9.17, 15) is 24.5 Å². The van der Waals surface area contributed by atoms with Gasteiger partial charge in [0, 0.05) is 85.5 Å². The van der Waals surface area contributed by atoms with Crippen molar-refractivity contribution in [1.82, 2.24) is 10.2 Å². The van der Waals surface area contributed by atoms with E-state index in [2.05, 4.69) is 5.32 Å². The second-order valence-electron chi connectivity index (χ2n) is 10.7. The molecule has 6 rings (SSSR count). The van der Waals surface area contributed by atoms with Crippen LogP contribution >= 0.6 is 11.8 Å². The van der Waals surface area contributed by atoms with Gasteiger partial charge in [-0.3, -0.25) is 29.5 Å². The Bertz CT molecular complexity index is 1800. The van der Waals surface area contributed by atoms with Gasteiger partial charge >= 0.3 is 6.03 Å². The van der Waals surface area contributed by atoms with Gasteiger partial charge in [0.2, 0.25) is 0 Å². The number of nitrogens with one attached hydrogen (secondary N) is 1. The van der Waals surface area contributed by atoms with Crippen LogP contribution in [0.4, 0.5) is 33.2 Å². The zero-order valence-corrected chi connectivity index (χ0v) is 24.8. The summed E-state index contributed by atoms with van der Waals surface area (Å²) in [4.78, 5) is 59.9. The van der Waals surface area contributed by atoms with Crippen molar-refractivity contribution in [3.8, 4) is 0 Å². The normalized spacial score (nSPS) is 13.5. The summed E-state index contributed by atoms with van der Waals surface area (Å²) in [7, 11) is 7.83. The quantitative estimate of drug-likeness (QED) is 0.176. The van der Waals surface area contributed by atoms with Crippen molar-refractivity contribution in [2.24, 2.45) is 0 Å². The summed E-state index contributed by atoms with van der Waals surface area (Å²) in [6.07, 6.45) is 0. The lowest BCUT2D eigenvalue weighted by Gasteiger charge is -2.33. The standard InChI is InChI=1S/C31H28N6O5S/c1-33(2)19-8-10-24-26(16-19)43-27-17-20(34(3)4)9-11-25(27)36(24)31(40)32-12-13-35-29(38)22-7-5-6-18-14-21(37(41)42)15-23(28(18)22)30(35)39/h5-11,14-17H,12-13H2,1-4H3,(H,32,40). The molecule has 218 valence electrons. The molecular formula is C31H28N6O5S. The number of anilines is 4. The molecule has 0 saturated heterocycles. The second-order valence-corrected chi connectivity index (χ2v) is 11.8. The maximum Gasteiger partial charge on any atom is 0.326 e. The summed E-state index contributed by atoms with van der Waals surface area (Å²) in [5, 5.41) is 15.2. The Balaban J connectivity index is 1.27. The molecule has 11 nitrogen and oxygen atoms in total. The van der Waals surface area contributed by atoms with Crippen LogP contribution in [0.15, 0.2) is 76.5 Å². The van der Waals surface area contributed by atoms with E-state index < -0.39 is 22.8 Å². The van der Waals surface area contributed by atoms with Gasteiger partial charge in [-0.05, 0) is 47.9 Å². The van der Waals surface area contributed by atoms with E-state index >= 15 is 0 Å². The number of nitro groups is 1. The minimum absolute atomic E-state index is 0.0174. The molecule has 2 aliphatic heterocycles. The lowest BCUT2D eigenvalue weighted by Crippen LogP contribution is -2.46. The van der Waals surface area contributed by atoms with Crippen LogP contribution in [0.2, 0.25) is 0 Å². The van der Waals surface area contributed by atoms with Crippen molar-refractivity contribution in [2.45, 2.75) is 9.79 Å². The van der Waals surface area contributed by atoms with Gasteiger partial charge in [0.15, 0.2) is 0 Å². The summed E-state index contributed by atoms with van der Waals surface area (Å²) in [6, 6.07) is 18.8. The third-order valence-corrected chi connectivity index (χ3v) is 8.65. The molecule has 43 heavy (non-hydrogen) atoms. The van der Waals surface area contributed by atoms with Crippen LogP contribution in [0.25, 0.3) is 10.8 Å². The van der Waals surface area contributed by atoms with Crippen molar-refractivity contribution < 1.29 is 19.3 Å². The third-order valence-electron chi connectivity index (χ3n) is 7.56. The number of rotatable bonds is 6. The van der Waals surface area contributed by atoms with E-state index in [0.29, 0.717) is 10.8 Å². The van der Waals surface area contributed by atoms with E-state index in [0.717, 1.165) is 37.4 Å². The molecule has 0 saturated carbocycles. The van der Waals surface area contributed by atoms with Crippen LogP contribution in [0.5, 0.6) is 0 Å². The number of nitrogens with zero attached hydrogens (tertiary/aromatic N) is 5. The first-order chi connectivity index (χ1) is 20.5. The van der Waals surface area contributed by atoms with Crippen LogP contribution in [0.3, 0.4) is 0 Å². The molecule has 0 radical (unpaired) electrons. The smallest absolute Gasteiger partial charge is 0.326 e. The Hall–Kier alpha value is -5.10. The summed E-state index contributed by atoms with van der Waals surface area (Å²) in [6.45, 7) is -0.125. The van der Waals surface area contributed by atoms with Crippen molar-refractivity contribution in [1.29, 1.82) is 0 Å². The highest BCUT2D eigenvalue weighted by atomic mass is 32.2. The van der Waals surface area contributed by atoms with Crippen molar-refractivity contribution >= 4 is 68.8 Å². The van der Waals surface area contributed by atoms with Gasteiger partial charge in [0.05, 0.1) is 21.9 Å². The zero-order chi connectivity index (χ0) is 30.6. The molecule has 0 spiro atoms. The molecule has 0 aromatic heterocycles. The lowest BCUT2D eigenvalue weighted by atomic mass is 9.93. The molecule has 1 N–H and O–H groups in total. The molecule has 0 atom stereocenters. The van der Waals surface area contributed by atoms with Crippen molar-refractivity contribution in [3.63, 3.8) is 0 Å². The van der Waals surface area contributed by atoms with Gasteiger partial charge in [0.1, 0.15) is 0 Å². The fourth-order valence-corrected chi connectivity index (χ4v) is 6.49. The van der Waals surface area contributed by atoms with Crippen LogP contribution in [-0.4, -0.2) is 68.9 Å². The number of carbonyl (C=O) groups excluding carboxylic acids is 3. The number of benzene rings is 4. The first kappa shape index (κ1) is 28.0. The number of amides is 4. The van der Waals surface area contributed by atoms with Gasteiger partial charge < -0.3 is 15.1 Å². The van der Waals surface area contributed by atoms with E-state index in [1.807, 2.05) is 74.4 Å². The number of non-ortho nitro benzene ring substituents is 1. The molecule has 0 fully saturated rings. The molecule has 0 unspecified atom stereocenters. The maximum atomic E-state index is 13.8. The maximum absolute atomic E-state index is 13.8. The topological polar surface area (TPSA) is 119 Å². The third kappa shape index (κ3) is 4.79. The Labute approximate surface area is 251 Å². The minimum Gasteiger partial charge on any atom is -0.378 e. The van der Waals surface area contributed by atoms with Crippen LogP contribution in [0, 0.1) is 10.1 Å². The predicted molar refractivity (Wildman–Crippen MR) is 167 cm³/mol. The van der Waals surface area contributed by atoms with Crippen LogP contribution < -0.4 is 20.0 Å². The van der Waals surface area contributed by atoms with Gasteiger partial charge in [0.25, 0.3) is 17.5 Å². The molecule has 4 aromatic carbocycles. The van der Waals surface area contributed by atoms with E-state index in [1.165, 1.54) is 12.1 Å². The average Bonchev–Trinajstić information content (AvgIpc) is 2.98. The molecule has 0 aliphatic carbocycles. The minimum atomic E-state index is -0.635. The average molecular weight is 597 g/mol. The first-order valence-electron chi connectivity index (χ1n) is 13.5. The molecular weight excluding hydrogens is 568 g/mol. The number of hydrogen-bond acceptors (Lipinski definition) is 8. The predicted octanol–water partition coefficient (Wildman–Crippen LogP) is 5.49. The van der Waals surface area contributed by atoms with Crippen LogP contribution in [0.1, 0.15) is 20.7 Å². The van der Waals surface area contributed by atoms with Gasteiger partial charge in [-0.1, -0.05) is 23.9 Å². The summed E-state index contributed by atoms with van der Waals surface area (Å²) in [5.41, 5.74) is 3.58. The Morgan fingerprint density at radius 2 is 1.47 bits per heavy atom. The second kappa shape index (κ2) is 10.6. The summed E-state index contributed by atoms with van der Waals surface area (Å²) < 4.78 is 0. The van der Waals surface area contributed by atoms with Gasteiger partial charge in [-0.15, -0.1) is 0 Å². The Kier molecular flexibility index (Phi) is 6.93. The van der Waals surface area contributed by atoms with Crippen molar-refractivity contribution in [3.05, 3.63) is 88.0 Å². The largest absolute Gasteiger partial charge is 0.378 e. The van der Waals surface area contributed by atoms with E-state index in [1.54, 1.807) is 34.9 Å². The number of carbonyl (C=O) groups is 3. The highest BCUT2D eigenvalue weighted by Crippen LogP contribution is 2.50. The highest BCUT2D eigenvalue weighted by Gasteiger charge is 2.35. The number of urea groups is 1. The molecule has 0 bridgehead atoms. The number of imide groups is 1. The number of nitro benzene ring substituents is 1. The molecule has 2 aliphatic rings. The van der Waals surface area contributed by atoms with Gasteiger partial charge in [-0.2, -0.15) is 0 Å². The SMILES string of the molecule is CN(C)c1ccc2c(c1)Sc1cc(N(C)C)ccc1N2C(=O)NCCN1C(=O)c2cccc3cc([N+](=O)[O-])cc(c23)C1=O. The molecule has 4 aromatic rings. The molecule has 12 heteroatoms. The monoisotopic (exact) mass is 596 g/mol. The number of fused-ring (bicyclic) bond motifs is 2. The Morgan fingerprint density at radius 3 is 2.05 bits per heavy atom. The van der Waals surface area contributed by atoms with Gasteiger partial charge in [-0.25, -0.2) is 4.79 Å². The van der Waals surface area contributed by atoms with Crippen LogP contribution in [-0.2, 0) is 0 Å². The van der Waals surface area contributed by atoms with Crippen molar-refractivity contribution in [2.75, 3.05) is 56.0 Å². The van der Waals surface area contributed by atoms with E-state index in [4.69, 9.17) is 0 Å². The fourth-order valence-electron chi connectivity index (χ4n) is 5.37. The molecule has 2 heterocycles. The Morgan fingerprint density at radius 1 is 0.860 bits per heavy atom. The number of hydrogen-bond donors (Lipinski definition) is 1. The highest BCUT2D eigenvalue weighted by molar-refractivity contribution is 7.99. The summed E-state index contributed by atoms with van der Waals surface area (Å²) in [5.74, 6) is -1.15. The molecule has 4 amide bonds.